The molecule has 0 spiro atoms. The van der Waals surface area contributed by atoms with E-state index in [-0.39, 0.29) is 24.8 Å². The van der Waals surface area contributed by atoms with Gasteiger partial charge in [-0.1, -0.05) is 48.2 Å². The molecule has 0 N–H and O–H groups in total. The van der Waals surface area contributed by atoms with E-state index in [9.17, 15) is 14.9 Å². The Morgan fingerprint density at radius 1 is 1.00 bits per heavy atom. The van der Waals surface area contributed by atoms with Gasteiger partial charge in [0.15, 0.2) is 4.32 Å². The van der Waals surface area contributed by atoms with Gasteiger partial charge in [-0.25, -0.2) is 0 Å². The third-order valence-electron chi connectivity index (χ3n) is 5.39. The average molecular weight is 507 g/mol. The van der Waals surface area contributed by atoms with E-state index in [2.05, 4.69) is 0 Å². The summed E-state index contributed by atoms with van der Waals surface area (Å²) < 4.78 is 12.0. The molecule has 1 fully saturated rings. The van der Waals surface area contributed by atoms with E-state index < -0.39 is 4.92 Å². The quantitative estimate of drug-likeness (QED) is 0.120. The number of non-ortho nitro benzene ring substituents is 1. The predicted octanol–water partition coefficient (Wildman–Crippen LogP) is 6.08. The summed E-state index contributed by atoms with van der Waals surface area (Å²) in [6.07, 6.45) is 1.58. The summed E-state index contributed by atoms with van der Waals surface area (Å²) >= 11 is 6.55. The predicted molar refractivity (Wildman–Crippen MR) is 142 cm³/mol. The lowest BCUT2D eigenvalue weighted by Gasteiger charge is -2.14. The van der Waals surface area contributed by atoms with E-state index in [1.165, 1.54) is 28.7 Å². The minimum absolute atomic E-state index is 0.103. The first-order valence-corrected chi connectivity index (χ1v) is 12.0. The second-order valence-corrected chi connectivity index (χ2v) is 9.45. The molecule has 1 heterocycles. The van der Waals surface area contributed by atoms with Gasteiger partial charge in [0.1, 0.15) is 24.7 Å². The molecule has 178 valence electrons. The van der Waals surface area contributed by atoms with E-state index in [1.54, 1.807) is 18.2 Å². The van der Waals surface area contributed by atoms with Crippen LogP contribution in [-0.2, 0) is 4.79 Å². The highest BCUT2D eigenvalue weighted by atomic mass is 32.2. The Bertz CT molecular complexity index is 1320. The van der Waals surface area contributed by atoms with Crippen LogP contribution in [0, 0.1) is 24.0 Å². The molecule has 0 unspecified atom stereocenters. The molecule has 3 aromatic rings. The van der Waals surface area contributed by atoms with Crippen LogP contribution >= 0.6 is 24.0 Å². The number of carbonyl (C=O) groups is 1. The van der Waals surface area contributed by atoms with Gasteiger partial charge in [0.2, 0.25) is 0 Å². The summed E-state index contributed by atoms with van der Waals surface area (Å²) in [5.41, 5.74) is 3.29. The number of carbonyl (C=O) groups excluding carboxylic acids is 1. The second kappa shape index (κ2) is 10.7. The first-order valence-electron chi connectivity index (χ1n) is 10.8. The number of benzene rings is 3. The Labute approximate surface area is 212 Å². The zero-order valence-electron chi connectivity index (χ0n) is 19.1. The highest BCUT2D eigenvalue weighted by Gasteiger charge is 2.33. The molecule has 7 nitrogen and oxygen atoms in total. The van der Waals surface area contributed by atoms with Crippen LogP contribution in [0.25, 0.3) is 6.08 Å². The third kappa shape index (κ3) is 5.70. The van der Waals surface area contributed by atoms with Gasteiger partial charge in [-0.05, 0) is 61.4 Å². The highest BCUT2D eigenvalue weighted by Crippen LogP contribution is 2.37. The lowest BCUT2D eigenvalue weighted by molar-refractivity contribution is -0.384. The molecular formula is C26H22N2O5S2. The fraction of sp³-hybridized carbons (Fsp3) is 0.154. The first kappa shape index (κ1) is 24.4. The van der Waals surface area contributed by atoms with Gasteiger partial charge < -0.3 is 9.47 Å². The van der Waals surface area contributed by atoms with Crippen LogP contribution in [0.15, 0.2) is 71.6 Å². The van der Waals surface area contributed by atoms with Gasteiger partial charge >= 0.3 is 0 Å². The van der Waals surface area contributed by atoms with Crippen molar-refractivity contribution in [1.82, 2.24) is 0 Å². The molecule has 0 aliphatic carbocycles. The van der Waals surface area contributed by atoms with Crippen LogP contribution in [0.3, 0.4) is 0 Å². The van der Waals surface area contributed by atoms with Crippen LogP contribution in [0.2, 0.25) is 0 Å². The Kier molecular flexibility index (Phi) is 7.48. The molecule has 1 aliphatic heterocycles. The van der Waals surface area contributed by atoms with Gasteiger partial charge in [-0.15, -0.1) is 0 Å². The largest absolute Gasteiger partial charge is 0.490 e. The van der Waals surface area contributed by atoms with Crippen molar-refractivity contribution < 1.29 is 19.2 Å². The van der Waals surface area contributed by atoms with Gasteiger partial charge in [0.25, 0.3) is 11.6 Å². The first-order chi connectivity index (χ1) is 16.8. The molecule has 1 saturated heterocycles. The fourth-order valence-corrected chi connectivity index (χ4v) is 4.71. The van der Waals surface area contributed by atoms with Gasteiger partial charge in [0.05, 0.1) is 15.5 Å². The fourth-order valence-electron chi connectivity index (χ4n) is 3.42. The topological polar surface area (TPSA) is 81.9 Å². The molecule has 3 aromatic carbocycles. The van der Waals surface area contributed by atoms with E-state index in [0.29, 0.717) is 26.2 Å². The molecule has 1 amide bonds. The molecule has 0 radical (unpaired) electrons. The van der Waals surface area contributed by atoms with Crippen molar-refractivity contribution >= 4 is 51.7 Å². The average Bonchev–Trinajstić information content (AvgIpc) is 3.12. The molecule has 4 rings (SSSR count). The molecule has 9 heteroatoms. The number of rotatable bonds is 8. The Balaban J connectivity index is 1.52. The lowest BCUT2D eigenvalue weighted by atomic mass is 10.1. The Morgan fingerprint density at radius 2 is 1.74 bits per heavy atom. The maximum atomic E-state index is 13.1. The molecule has 0 bridgehead atoms. The molecule has 0 aromatic heterocycles. The van der Waals surface area contributed by atoms with E-state index in [0.717, 1.165) is 23.1 Å². The number of nitro benzene ring substituents is 1. The lowest BCUT2D eigenvalue weighted by Crippen LogP contribution is -2.27. The number of hydrogen-bond acceptors (Lipinski definition) is 7. The van der Waals surface area contributed by atoms with Crippen LogP contribution in [0.4, 0.5) is 11.4 Å². The van der Waals surface area contributed by atoms with Crippen LogP contribution in [0.5, 0.6) is 11.5 Å². The summed E-state index contributed by atoms with van der Waals surface area (Å²) in [7, 11) is 0. The van der Waals surface area contributed by atoms with Crippen molar-refractivity contribution in [3.63, 3.8) is 0 Å². The summed E-state index contributed by atoms with van der Waals surface area (Å²) in [6, 6.07) is 19.2. The Morgan fingerprint density at radius 3 is 2.46 bits per heavy atom. The highest BCUT2D eigenvalue weighted by molar-refractivity contribution is 8.27. The number of hydrogen-bond donors (Lipinski definition) is 0. The van der Waals surface area contributed by atoms with E-state index in [4.69, 9.17) is 21.7 Å². The van der Waals surface area contributed by atoms with Crippen molar-refractivity contribution in [2.45, 2.75) is 13.8 Å². The van der Waals surface area contributed by atoms with E-state index in [1.807, 2.05) is 50.2 Å². The van der Waals surface area contributed by atoms with Crippen molar-refractivity contribution in [2.24, 2.45) is 0 Å². The number of anilines is 1. The third-order valence-corrected chi connectivity index (χ3v) is 6.69. The molecule has 0 saturated carbocycles. The molecule has 0 atom stereocenters. The van der Waals surface area contributed by atoms with Crippen LogP contribution in [-0.4, -0.2) is 28.4 Å². The van der Waals surface area contributed by atoms with Gasteiger partial charge in [-0.2, -0.15) is 0 Å². The number of amides is 1. The normalized spacial score (nSPS) is 14.5. The molecular weight excluding hydrogens is 484 g/mol. The summed E-state index contributed by atoms with van der Waals surface area (Å²) in [5.74, 6) is 0.858. The maximum absolute atomic E-state index is 13.1. The standard InChI is InChI=1S/C26H22N2O5S2/c1-17-8-10-22(14-18(17)2)32-12-13-33-23-11-9-21(28(30)31)15-19(23)16-24-25(29)27(26(34)35-24)20-6-4-3-5-7-20/h3-11,14-16H,12-13H2,1-2H3/b24-16+. The number of aryl methyl sites for hydroxylation is 2. The van der Waals surface area contributed by atoms with Gasteiger partial charge in [0, 0.05) is 17.7 Å². The Hall–Kier alpha value is -3.69. The number of nitro groups is 1. The van der Waals surface area contributed by atoms with Crippen molar-refractivity contribution in [1.29, 1.82) is 0 Å². The van der Waals surface area contributed by atoms with Crippen LogP contribution in [0.1, 0.15) is 16.7 Å². The second-order valence-electron chi connectivity index (χ2n) is 7.77. The monoisotopic (exact) mass is 506 g/mol. The summed E-state index contributed by atoms with van der Waals surface area (Å²) in [4.78, 5) is 25.7. The number of nitrogens with zero attached hydrogens (tertiary/aromatic N) is 2. The number of thiocarbonyl (C=S) groups is 1. The number of thioether (sulfide) groups is 1. The number of ether oxygens (including phenoxy) is 2. The molecule has 35 heavy (non-hydrogen) atoms. The van der Waals surface area contributed by atoms with Crippen LogP contribution < -0.4 is 14.4 Å². The minimum atomic E-state index is -0.487. The minimum Gasteiger partial charge on any atom is -0.490 e. The zero-order valence-corrected chi connectivity index (χ0v) is 20.7. The summed E-state index contributed by atoms with van der Waals surface area (Å²) in [6.45, 7) is 4.56. The molecule has 1 aliphatic rings. The zero-order chi connectivity index (χ0) is 24.9. The SMILES string of the molecule is Cc1ccc(OCCOc2ccc([N+](=O)[O-])cc2/C=C2/SC(=S)N(c3ccccc3)C2=O)cc1C. The van der Waals surface area contributed by atoms with E-state index >= 15 is 0 Å². The number of para-hydroxylation sites is 1. The van der Waals surface area contributed by atoms with Crippen molar-refractivity contribution in [3.05, 3.63) is 98.4 Å². The smallest absolute Gasteiger partial charge is 0.270 e. The van der Waals surface area contributed by atoms with Crippen molar-refractivity contribution in [3.8, 4) is 11.5 Å². The van der Waals surface area contributed by atoms with Crippen molar-refractivity contribution in [2.75, 3.05) is 18.1 Å². The summed E-state index contributed by atoms with van der Waals surface area (Å²) in [5, 5.41) is 11.3. The van der Waals surface area contributed by atoms with Gasteiger partial charge in [-0.3, -0.25) is 19.8 Å². The maximum Gasteiger partial charge on any atom is 0.270 e.